The highest BCUT2D eigenvalue weighted by atomic mass is 16.5. The number of rotatable bonds is 6. The molecule has 2 heteroatoms. The number of methoxy groups -OCH3 is 1. The standard InChI is InChI=1S/C15H25NO/c1-11(2)8-9-16-13(4)14-7-6-12(3)10-15(14)17-5/h6-7,10-11,13,16H,8-9H2,1-5H3. The molecular formula is C15H25NO. The molecule has 0 aliphatic rings. The maximum Gasteiger partial charge on any atom is 0.123 e. The molecular weight excluding hydrogens is 210 g/mol. The molecule has 0 saturated carbocycles. The third-order valence-electron chi connectivity index (χ3n) is 3.03. The molecule has 2 nitrogen and oxygen atoms in total. The van der Waals surface area contributed by atoms with Crippen molar-refractivity contribution < 1.29 is 4.74 Å². The van der Waals surface area contributed by atoms with Gasteiger partial charge in [0, 0.05) is 11.6 Å². The van der Waals surface area contributed by atoms with Crippen LogP contribution in [0.5, 0.6) is 5.75 Å². The van der Waals surface area contributed by atoms with Gasteiger partial charge in [0.15, 0.2) is 0 Å². The summed E-state index contributed by atoms with van der Waals surface area (Å²) in [4.78, 5) is 0. The Balaban J connectivity index is 2.64. The van der Waals surface area contributed by atoms with E-state index in [0.717, 1.165) is 18.2 Å². The molecule has 1 aromatic carbocycles. The van der Waals surface area contributed by atoms with Crippen molar-refractivity contribution in [2.24, 2.45) is 5.92 Å². The largest absolute Gasteiger partial charge is 0.496 e. The Morgan fingerprint density at radius 1 is 1.24 bits per heavy atom. The predicted octanol–water partition coefficient (Wildman–Crippen LogP) is 3.70. The second kappa shape index (κ2) is 6.65. The Bertz CT molecular complexity index is 347. The van der Waals surface area contributed by atoms with Crippen LogP contribution in [0.1, 0.15) is 44.4 Å². The van der Waals surface area contributed by atoms with E-state index in [1.54, 1.807) is 7.11 Å². The lowest BCUT2D eigenvalue weighted by atomic mass is 10.0. The summed E-state index contributed by atoms with van der Waals surface area (Å²) in [5.41, 5.74) is 2.47. The molecule has 0 saturated heterocycles. The van der Waals surface area contributed by atoms with Crippen molar-refractivity contribution in [1.82, 2.24) is 5.32 Å². The van der Waals surface area contributed by atoms with Crippen LogP contribution in [-0.4, -0.2) is 13.7 Å². The van der Waals surface area contributed by atoms with Gasteiger partial charge in [-0.25, -0.2) is 0 Å². The van der Waals surface area contributed by atoms with Gasteiger partial charge >= 0.3 is 0 Å². The van der Waals surface area contributed by atoms with Crippen LogP contribution in [0.25, 0.3) is 0 Å². The first kappa shape index (κ1) is 14.0. The van der Waals surface area contributed by atoms with E-state index in [1.807, 2.05) is 0 Å². The summed E-state index contributed by atoms with van der Waals surface area (Å²) in [7, 11) is 1.74. The van der Waals surface area contributed by atoms with Crippen molar-refractivity contribution in [3.8, 4) is 5.75 Å². The maximum absolute atomic E-state index is 5.43. The molecule has 1 aromatic rings. The molecule has 0 radical (unpaired) electrons. The third kappa shape index (κ3) is 4.39. The first-order valence-corrected chi connectivity index (χ1v) is 6.42. The lowest BCUT2D eigenvalue weighted by Crippen LogP contribution is -2.21. The van der Waals surface area contributed by atoms with E-state index in [4.69, 9.17) is 4.74 Å². The van der Waals surface area contributed by atoms with Crippen molar-refractivity contribution in [3.05, 3.63) is 29.3 Å². The van der Waals surface area contributed by atoms with Gasteiger partial charge in [0.05, 0.1) is 7.11 Å². The molecule has 0 bridgehead atoms. The Hall–Kier alpha value is -1.02. The highest BCUT2D eigenvalue weighted by Crippen LogP contribution is 2.26. The minimum Gasteiger partial charge on any atom is -0.496 e. The van der Waals surface area contributed by atoms with Gasteiger partial charge in [0.2, 0.25) is 0 Å². The first-order valence-electron chi connectivity index (χ1n) is 6.42. The van der Waals surface area contributed by atoms with Crippen molar-refractivity contribution in [1.29, 1.82) is 0 Å². The van der Waals surface area contributed by atoms with E-state index in [2.05, 4.69) is 51.2 Å². The number of ether oxygens (including phenoxy) is 1. The van der Waals surface area contributed by atoms with E-state index in [0.29, 0.717) is 6.04 Å². The van der Waals surface area contributed by atoms with Crippen LogP contribution in [0.4, 0.5) is 0 Å². The van der Waals surface area contributed by atoms with E-state index >= 15 is 0 Å². The summed E-state index contributed by atoms with van der Waals surface area (Å²) in [6.07, 6.45) is 1.21. The average molecular weight is 235 g/mol. The molecule has 0 spiro atoms. The molecule has 17 heavy (non-hydrogen) atoms. The Kier molecular flexibility index (Phi) is 5.49. The highest BCUT2D eigenvalue weighted by Gasteiger charge is 2.10. The molecule has 96 valence electrons. The fourth-order valence-corrected chi connectivity index (χ4v) is 1.87. The Labute approximate surface area is 105 Å². The number of hydrogen-bond acceptors (Lipinski definition) is 2. The summed E-state index contributed by atoms with van der Waals surface area (Å²) >= 11 is 0. The zero-order chi connectivity index (χ0) is 12.8. The average Bonchev–Trinajstić information content (AvgIpc) is 2.28. The fourth-order valence-electron chi connectivity index (χ4n) is 1.87. The molecule has 0 amide bonds. The third-order valence-corrected chi connectivity index (χ3v) is 3.03. The van der Waals surface area contributed by atoms with E-state index in [9.17, 15) is 0 Å². The lowest BCUT2D eigenvalue weighted by molar-refractivity contribution is 0.399. The summed E-state index contributed by atoms with van der Waals surface area (Å²) in [6.45, 7) is 9.82. The maximum atomic E-state index is 5.43. The van der Waals surface area contributed by atoms with E-state index in [-0.39, 0.29) is 0 Å². The fraction of sp³-hybridized carbons (Fsp3) is 0.600. The van der Waals surface area contributed by atoms with Crippen molar-refractivity contribution in [3.63, 3.8) is 0 Å². The Morgan fingerprint density at radius 3 is 2.53 bits per heavy atom. The van der Waals surface area contributed by atoms with Crippen molar-refractivity contribution in [2.45, 2.75) is 40.2 Å². The van der Waals surface area contributed by atoms with Crippen LogP contribution in [0.2, 0.25) is 0 Å². The quantitative estimate of drug-likeness (QED) is 0.811. The molecule has 0 aliphatic carbocycles. The number of aryl methyl sites for hydroxylation is 1. The topological polar surface area (TPSA) is 21.3 Å². The number of benzene rings is 1. The van der Waals surface area contributed by atoms with Crippen molar-refractivity contribution in [2.75, 3.05) is 13.7 Å². The predicted molar refractivity (Wildman–Crippen MR) is 73.6 cm³/mol. The molecule has 1 N–H and O–H groups in total. The normalized spacial score (nSPS) is 12.8. The second-order valence-electron chi connectivity index (χ2n) is 5.10. The van der Waals surface area contributed by atoms with Gasteiger partial charge < -0.3 is 10.1 Å². The molecule has 1 rings (SSSR count). The molecule has 0 aromatic heterocycles. The van der Waals surface area contributed by atoms with Crippen molar-refractivity contribution >= 4 is 0 Å². The Morgan fingerprint density at radius 2 is 1.94 bits per heavy atom. The summed E-state index contributed by atoms with van der Waals surface area (Å²) in [6, 6.07) is 6.72. The van der Waals surface area contributed by atoms with Gasteiger partial charge in [-0.05, 0) is 44.4 Å². The summed E-state index contributed by atoms with van der Waals surface area (Å²) in [5.74, 6) is 1.73. The summed E-state index contributed by atoms with van der Waals surface area (Å²) in [5, 5.41) is 3.54. The monoisotopic (exact) mass is 235 g/mol. The van der Waals surface area contributed by atoms with Gasteiger partial charge in [0.1, 0.15) is 5.75 Å². The molecule has 0 heterocycles. The van der Waals surface area contributed by atoms with Crippen LogP contribution in [0.3, 0.4) is 0 Å². The van der Waals surface area contributed by atoms with Gasteiger partial charge in [-0.1, -0.05) is 26.0 Å². The zero-order valence-electron chi connectivity index (χ0n) is 11.7. The second-order valence-corrected chi connectivity index (χ2v) is 5.10. The zero-order valence-corrected chi connectivity index (χ0v) is 11.7. The highest BCUT2D eigenvalue weighted by molar-refractivity contribution is 5.38. The van der Waals surface area contributed by atoms with E-state index in [1.165, 1.54) is 17.5 Å². The minimum absolute atomic E-state index is 0.337. The molecule has 1 unspecified atom stereocenters. The molecule has 0 fully saturated rings. The first-order chi connectivity index (χ1) is 8.04. The van der Waals surface area contributed by atoms with Gasteiger partial charge in [-0.15, -0.1) is 0 Å². The molecule has 1 atom stereocenters. The lowest BCUT2D eigenvalue weighted by Gasteiger charge is -2.18. The van der Waals surface area contributed by atoms with Gasteiger partial charge in [0.25, 0.3) is 0 Å². The van der Waals surface area contributed by atoms with E-state index < -0.39 is 0 Å². The van der Waals surface area contributed by atoms with Crippen LogP contribution >= 0.6 is 0 Å². The molecule has 0 aliphatic heterocycles. The van der Waals surface area contributed by atoms with Gasteiger partial charge in [-0.3, -0.25) is 0 Å². The van der Waals surface area contributed by atoms with Crippen LogP contribution in [0.15, 0.2) is 18.2 Å². The minimum atomic E-state index is 0.337. The summed E-state index contributed by atoms with van der Waals surface area (Å²) < 4.78 is 5.43. The SMILES string of the molecule is COc1cc(C)ccc1C(C)NCCC(C)C. The van der Waals surface area contributed by atoms with Crippen LogP contribution in [-0.2, 0) is 0 Å². The number of hydrogen-bond donors (Lipinski definition) is 1. The number of nitrogens with one attached hydrogen (secondary N) is 1. The van der Waals surface area contributed by atoms with Crippen LogP contribution in [0, 0.1) is 12.8 Å². The smallest absolute Gasteiger partial charge is 0.123 e. The van der Waals surface area contributed by atoms with Gasteiger partial charge in [-0.2, -0.15) is 0 Å². The van der Waals surface area contributed by atoms with Crippen LogP contribution < -0.4 is 10.1 Å².